The highest BCUT2D eigenvalue weighted by atomic mass is 16.3. The van der Waals surface area contributed by atoms with Gasteiger partial charge in [0.2, 0.25) is 5.95 Å². The highest BCUT2D eigenvalue weighted by molar-refractivity contribution is 5.86. The van der Waals surface area contributed by atoms with Crippen LogP contribution in [0.25, 0.3) is 11.0 Å². The Morgan fingerprint density at radius 1 is 1.44 bits per heavy atom. The number of hydrogen-bond donors (Lipinski definition) is 5. The predicted octanol–water partition coefficient (Wildman–Crippen LogP) is -0.177. The van der Waals surface area contributed by atoms with Crippen molar-refractivity contribution in [3.05, 3.63) is 6.20 Å². The number of aliphatic hydroxyl groups is 1. The van der Waals surface area contributed by atoms with Crippen LogP contribution in [0.2, 0.25) is 0 Å². The van der Waals surface area contributed by atoms with Gasteiger partial charge in [-0.3, -0.25) is 10.5 Å². The minimum absolute atomic E-state index is 0.0112. The molecule has 0 unspecified atom stereocenters. The summed E-state index contributed by atoms with van der Waals surface area (Å²) >= 11 is 0. The van der Waals surface area contributed by atoms with E-state index in [1.807, 2.05) is 0 Å². The Morgan fingerprint density at radius 3 is 2.94 bits per heavy atom. The maximum atomic E-state index is 9.28. The minimum Gasteiger partial charge on any atom is -0.396 e. The number of hydrazine groups is 1. The average molecular weight is 249 g/mol. The molecule has 8 nitrogen and oxygen atoms in total. The molecule has 0 saturated heterocycles. The first-order valence-corrected chi connectivity index (χ1v) is 5.79. The molecule has 1 aliphatic rings. The largest absolute Gasteiger partial charge is 0.396 e. The summed E-state index contributed by atoms with van der Waals surface area (Å²) in [6.07, 6.45) is 3.74. The van der Waals surface area contributed by atoms with Gasteiger partial charge in [-0.25, -0.2) is 5.84 Å². The predicted molar refractivity (Wildman–Crippen MR) is 66.7 cm³/mol. The Hall–Kier alpha value is -1.93. The van der Waals surface area contributed by atoms with Gasteiger partial charge >= 0.3 is 0 Å². The van der Waals surface area contributed by atoms with Gasteiger partial charge in [0, 0.05) is 12.0 Å². The fraction of sp³-hybridized carbons (Fsp3) is 0.500. The summed E-state index contributed by atoms with van der Waals surface area (Å²) in [5, 5.41) is 20.0. The van der Waals surface area contributed by atoms with Crippen LogP contribution in [0.4, 0.5) is 11.8 Å². The zero-order valence-electron chi connectivity index (χ0n) is 9.77. The lowest BCUT2D eigenvalue weighted by Gasteiger charge is -2.14. The molecule has 8 heteroatoms. The highest BCUT2D eigenvalue weighted by Gasteiger charge is 2.41. The number of hydrogen-bond acceptors (Lipinski definition) is 7. The van der Waals surface area contributed by atoms with Crippen LogP contribution in [-0.2, 0) is 0 Å². The number of aromatic nitrogens is 4. The summed E-state index contributed by atoms with van der Waals surface area (Å²) in [6.45, 7) is 0.881. The molecular weight excluding hydrogens is 234 g/mol. The number of rotatable bonds is 5. The van der Waals surface area contributed by atoms with E-state index >= 15 is 0 Å². The van der Waals surface area contributed by atoms with Gasteiger partial charge in [-0.1, -0.05) is 0 Å². The molecule has 2 aromatic rings. The van der Waals surface area contributed by atoms with Crippen molar-refractivity contribution in [3.8, 4) is 0 Å². The number of aliphatic hydroxyl groups excluding tert-OH is 1. The van der Waals surface area contributed by atoms with Gasteiger partial charge in [-0.15, -0.1) is 0 Å². The number of aromatic amines is 1. The molecule has 0 radical (unpaired) electrons. The molecule has 1 saturated carbocycles. The van der Waals surface area contributed by atoms with Crippen LogP contribution in [0.15, 0.2) is 6.20 Å². The molecule has 0 bridgehead atoms. The zero-order valence-corrected chi connectivity index (χ0v) is 9.77. The molecule has 0 aliphatic heterocycles. The van der Waals surface area contributed by atoms with Crippen molar-refractivity contribution in [3.63, 3.8) is 0 Å². The molecule has 0 aromatic carbocycles. The molecule has 1 aliphatic carbocycles. The third kappa shape index (κ3) is 1.85. The highest BCUT2D eigenvalue weighted by Crippen LogP contribution is 2.45. The summed E-state index contributed by atoms with van der Waals surface area (Å²) in [5.74, 6) is 6.31. The molecule has 0 atom stereocenters. The van der Waals surface area contributed by atoms with Crippen LogP contribution < -0.4 is 16.6 Å². The minimum atomic E-state index is 0.0112. The summed E-state index contributed by atoms with van der Waals surface area (Å²) in [6, 6.07) is 0. The van der Waals surface area contributed by atoms with Crippen molar-refractivity contribution >= 4 is 22.8 Å². The first-order valence-electron chi connectivity index (χ1n) is 5.79. The summed E-state index contributed by atoms with van der Waals surface area (Å²) in [7, 11) is 0. The average Bonchev–Trinajstić information content (AvgIpc) is 3.04. The number of nitrogen functional groups attached to an aromatic ring is 1. The Kier molecular flexibility index (Phi) is 2.53. The molecule has 6 N–H and O–H groups in total. The molecule has 18 heavy (non-hydrogen) atoms. The number of H-pyrrole nitrogens is 1. The fourth-order valence-corrected chi connectivity index (χ4v) is 1.87. The van der Waals surface area contributed by atoms with Crippen LogP contribution in [0.3, 0.4) is 0 Å². The number of fused-ring (bicyclic) bond motifs is 1. The first-order chi connectivity index (χ1) is 8.76. The Morgan fingerprint density at radius 2 is 2.28 bits per heavy atom. The molecule has 96 valence electrons. The van der Waals surface area contributed by atoms with E-state index in [2.05, 4.69) is 30.9 Å². The van der Waals surface area contributed by atoms with Crippen LogP contribution in [0, 0.1) is 5.41 Å². The number of nitrogens with two attached hydrogens (primary N) is 1. The van der Waals surface area contributed by atoms with Gasteiger partial charge in [0.05, 0.1) is 18.2 Å². The van der Waals surface area contributed by atoms with Gasteiger partial charge in [0.25, 0.3) is 0 Å². The third-order valence-electron chi connectivity index (χ3n) is 3.36. The van der Waals surface area contributed by atoms with E-state index in [0.717, 1.165) is 18.2 Å². The SMILES string of the molecule is NNc1nc(NCC2(CO)CC2)c2cn[nH]c2n1. The standard InChI is InChI=1S/C10H15N7O/c11-16-9-14-7(6-3-13-17-8(6)15-9)12-4-10(5-18)1-2-10/h3,18H,1-2,4-5,11H2,(H3,12,13,14,15,16,17). The molecule has 3 rings (SSSR count). The van der Waals surface area contributed by atoms with Gasteiger partial charge in [0.1, 0.15) is 5.82 Å². The maximum Gasteiger partial charge on any atom is 0.241 e. The molecule has 0 amide bonds. The number of nitrogens with one attached hydrogen (secondary N) is 3. The van der Waals surface area contributed by atoms with Gasteiger partial charge < -0.3 is 10.4 Å². The summed E-state index contributed by atoms with van der Waals surface area (Å²) < 4.78 is 0. The summed E-state index contributed by atoms with van der Waals surface area (Å²) in [4.78, 5) is 8.40. The van der Waals surface area contributed by atoms with E-state index in [4.69, 9.17) is 5.84 Å². The molecular formula is C10H15N7O. The van der Waals surface area contributed by atoms with Crippen molar-refractivity contribution in [2.45, 2.75) is 12.8 Å². The second-order valence-corrected chi connectivity index (χ2v) is 4.68. The van der Waals surface area contributed by atoms with Crippen LogP contribution in [0.5, 0.6) is 0 Å². The second kappa shape index (κ2) is 4.07. The van der Waals surface area contributed by atoms with Gasteiger partial charge in [-0.05, 0) is 12.8 Å². The zero-order chi connectivity index (χ0) is 12.6. The number of nitrogens with zero attached hydrogens (tertiary/aromatic N) is 3. The third-order valence-corrected chi connectivity index (χ3v) is 3.36. The molecule has 1 fully saturated rings. The normalized spacial score (nSPS) is 16.8. The van der Waals surface area contributed by atoms with Crippen molar-refractivity contribution in [2.24, 2.45) is 11.3 Å². The fourth-order valence-electron chi connectivity index (χ4n) is 1.87. The first kappa shape index (κ1) is 11.2. The lowest BCUT2D eigenvalue weighted by atomic mass is 10.1. The Bertz CT molecular complexity index is 562. The maximum absolute atomic E-state index is 9.28. The molecule has 2 heterocycles. The van der Waals surface area contributed by atoms with Crippen molar-refractivity contribution in [2.75, 3.05) is 23.9 Å². The quantitative estimate of drug-likeness (QED) is 0.368. The van der Waals surface area contributed by atoms with Crippen molar-refractivity contribution in [1.29, 1.82) is 0 Å². The van der Waals surface area contributed by atoms with Crippen LogP contribution >= 0.6 is 0 Å². The second-order valence-electron chi connectivity index (χ2n) is 4.68. The van der Waals surface area contributed by atoms with Crippen molar-refractivity contribution in [1.82, 2.24) is 20.2 Å². The van der Waals surface area contributed by atoms with E-state index in [1.165, 1.54) is 0 Å². The van der Waals surface area contributed by atoms with Gasteiger partial charge in [-0.2, -0.15) is 15.1 Å². The number of anilines is 2. The monoisotopic (exact) mass is 249 g/mol. The molecule has 0 spiro atoms. The topological polar surface area (TPSA) is 125 Å². The molecule has 2 aromatic heterocycles. The van der Waals surface area contributed by atoms with E-state index in [-0.39, 0.29) is 12.0 Å². The Labute approximate surface area is 103 Å². The van der Waals surface area contributed by atoms with Crippen molar-refractivity contribution < 1.29 is 5.11 Å². The van der Waals surface area contributed by atoms with E-state index in [9.17, 15) is 5.11 Å². The van der Waals surface area contributed by atoms with E-state index in [1.54, 1.807) is 6.20 Å². The lowest BCUT2D eigenvalue weighted by Crippen LogP contribution is -2.20. The van der Waals surface area contributed by atoms with Gasteiger partial charge in [0.15, 0.2) is 5.65 Å². The van der Waals surface area contributed by atoms with Crippen LogP contribution in [-0.4, -0.2) is 38.4 Å². The van der Waals surface area contributed by atoms with E-state index < -0.39 is 0 Å². The lowest BCUT2D eigenvalue weighted by molar-refractivity contribution is 0.219. The Balaban J connectivity index is 1.87. The summed E-state index contributed by atoms with van der Waals surface area (Å²) in [5.41, 5.74) is 3.05. The smallest absolute Gasteiger partial charge is 0.241 e. The van der Waals surface area contributed by atoms with E-state index in [0.29, 0.717) is 24.0 Å². The van der Waals surface area contributed by atoms with Crippen LogP contribution in [0.1, 0.15) is 12.8 Å².